The molecule has 0 bridgehead atoms. The van der Waals surface area contributed by atoms with E-state index >= 15 is 0 Å². The van der Waals surface area contributed by atoms with Crippen molar-refractivity contribution in [3.05, 3.63) is 0 Å². The number of amides is 1. The molecule has 112 valence electrons. The smallest absolute Gasteiger partial charge is 0.241 e. The van der Waals surface area contributed by atoms with Crippen LogP contribution in [-0.4, -0.2) is 37.9 Å². The van der Waals surface area contributed by atoms with Crippen LogP contribution in [0, 0.1) is 5.92 Å². The van der Waals surface area contributed by atoms with Gasteiger partial charge in [-0.2, -0.15) is 0 Å². The SMILES string of the molecule is CS(=O)(=O)C1(C(=O)NCC(N)C2CC2)CCCC1.Cl. The van der Waals surface area contributed by atoms with Crippen LogP contribution in [0.25, 0.3) is 0 Å². The fourth-order valence-electron chi connectivity index (χ4n) is 2.78. The van der Waals surface area contributed by atoms with Crippen LogP contribution < -0.4 is 11.1 Å². The lowest BCUT2D eigenvalue weighted by molar-refractivity contribution is -0.123. The third kappa shape index (κ3) is 3.41. The summed E-state index contributed by atoms with van der Waals surface area (Å²) in [6.45, 7) is 0.390. The molecule has 2 aliphatic rings. The van der Waals surface area contributed by atoms with Gasteiger partial charge in [-0.1, -0.05) is 12.8 Å². The minimum atomic E-state index is -3.37. The van der Waals surface area contributed by atoms with Crippen LogP contribution in [0.15, 0.2) is 0 Å². The van der Waals surface area contributed by atoms with Gasteiger partial charge in [0, 0.05) is 18.8 Å². The van der Waals surface area contributed by atoms with Crippen molar-refractivity contribution in [3.63, 3.8) is 0 Å². The highest BCUT2D eigenvalue weighted by Crippen LogP contribution is 2.37. The van der Waals surface area contributed by atoms with Crippen molar-refractivity contribution in [2.24, 2.45) is 11.7 Å². The van der Waals surface area contributed by atoms with E-state index in [0.29, 0.717) is 25.3 Å². The van der Waals surface area contributed by atoms with E-state index in [1.54, 1.807) is 0 Å². The molecule has 0 saturated heterocycles. The second kappa shape index (κ2) is 5.97. The number of nitrogens with two attached hydrogens (primary N) is 1. The van der Waals surface area contributed by atoms with Crippen molar-refractivity contribution in [1.82, 2.24) is 5.32 Å². The van der Waals surface area contributed by atoms with Gasteiger partial charge in [0.15, 0.2) is 9.84 Å². The average Bonchev–Trinajstić information content (AvgIpc) is 3.01. The van der Waals surface area contributed by atoms with E-state index in [4.69, 9.17) is 5.73 Å². The van der Waals surface area contributed by atoms with Gasteiger partial charge in [0.1, 0.15) is 4.75 Å². The van der Waals surface area contributed by atoms with Crippen LogP contribution in [0.1, 0.15) is 38.5 Å². The molecule has 19 heavy (non-hydrogen) atoms. The normalized spacial score (nSPS) is 23.5. The molecule has 0 aliphatic heterocycles. The maximum absolute atomic E-state index is 12.2. The summed E-state index contributed by atoms with van der Waals surface area (Å²) in [6.07, 6.45) is 5.89. The van der Waals surface area contributed by atoms with Crippen LogP contribution in [-0.2, 0) is 14.6 Å². The fraction of sp³-hybridized carbons (Fsp3) is 0.917. The first-order valence-electron chi connectivity index (χ1n) is 6.60. The summed E-state index contributed by atoms with van der Waals surface area (Å²) in [5.74, 6) is 0.154. The molecule has 0 radical (unpaired) electrons. The van der Waals surface area contributed by atoms with Gasteiger partial charge in [-0.05, 0) is 31.6 Å². The van der Waals surface area contributed by atoms with Crippen molar-refractivity contribution in [1.29, 1.82) is 0 Å². The molecule has 3 N–H and O–H groups in total. The number of rotatable bonds is 5. The van der Waals surface area contributed by atoms with Gasteiger partial charge >= 0.3 is 0 Å². The lowest BCUT2D eigenvalue weighted by atomic mass is 10.1. The van der Waals surface area contributed by atoms with Gasteiger partial charge in [0.05, 0.1) is 0 Å². The molecule has 2 saturated carbocycles. The highest BCUT2D eigenvalue weighted by Gasteiger charge is 2.50. The van der Waals surface area contributed by atoms with Crippen LogP contribution >= 0.6 is 12.4 Å². The molecule has 0 aromatic carbocycles. The maximum Gasteiger partial charge on any atom is 0.241 e. The average molecular weight is 311 g/mol. The van der Waals surface area contributed by atoms with E-state index in [1.165, 1.54) is 6.26 Å². The summed E-state index contributed by atoms with van der Waals surface area (Å²) in [6, 6.07) is -0.0352. The number of sulfone groups is 1. The zero-order chi connectivity index (χ0) is 13.4. The molecule has 1 atom stereocenters. The number of hydrogen-bond acceptors (Lipinski definition) is 4. The molecule has 7 heteroatoms. The Bertz CT molecular complexity index is 428. The summed E-state index contributed by atoms with van der Waals surface area (Å²) >= 11 is 0. The summed E-state index contributed by atoms with van der Waals surface area (Å²) in [4.78, 5) is 12.2. The van der Waals surface area contributed by atoms with Crippen LogP contribution in [0.3, 0.4) is 0 Å². The summed E-state index contributed by atoms with van der Waals surface area (Å²) in [5, 5.41) is 2.75. The van der Waals surface area contributed by atoms with E-state index in [-0.39, 0.29) is 24.4 Å². The Morgan fingerprint density at radius 3 is 2.32 bits per heavy atom. The Hall–Kier alpha value is -0.330. The number of carbonyl (C=O) groups excluding carboxylic acids is 1. The minimum Gasteiger partial charge on any atom is -0.353 e. The fourth-order valence-corrected chi connectivity index (χ4v) is 4.21. The molecule has 0 aromatic heterocycles. The topological polar surface area (TPSA) is 89.3 Å². The van der Waals surface area contributed by atoms with E-state index in [1.807, 2.05) is 0 Å². The quantitative estimate of drug-likeness (QED) is 0.779. The first-order valence-corrected chi connectivity index (χ1v) is 8.49. The Morgan fingerprint density at radius 1 is 1.37 bits per heavy atom. The second-order valence-corrected chi connectivity index (χ2v) is 8.01. The van der Waals surface area contributed by atoms with Crippen LogP contribution in [0.5, 0.6) is 0 Å². The molecule has 0 heterocycles. The van der Waals surface area contributed by atoms with Crippen molar-refractivity contribution < 1.29 is 13.2 Å². The molecule has 1 amide bonds. The van der Waals surface area contributed by atoms with Crippen molar-refractivity contribution in [3.8, 4) is 0 Å². The predicted molar refractivity (Wildman–Crippen MR) is 77.0 cm³/mol. The van der Waals surface area contributed by atoms with Crippen LogP contribution in [0.4, 0.5) is 0 Å². The van der Waals surface area contributed by atoms with Crippen molar-refractivity contribution in [2.75, 3.05) is 12.8 Å². The Balaban J connectivity index is 0.00000180. The number of carbonyl (C=O) groups is 1. The molecular weight excluding hydrogens is 288 g/mol. The predicted octanol–water partition coefficient (Wildman–Crippen LogP) is 0.619. The standard InChI is InChI=1S/C12H22N2O3S.ClH/c1-18(16,17)12(6-2-3-7-12)11(15)14-8-10(13)9-4-5-9;/h9-10H,2-8,13H2,1H3,(H,14,15);1H. The first-order chi connectivity index (χ1) is 8.37. The molecule has 0 aromatic rings. The zero-order valence-corrected chi connectivity index (χ0v) is 12.9. The van der Waals surface area contributed by atoms with E-state index in [9.17, 15) is 13.2 Å². The van der Waals surface area contributed by atoms with E-state index in [2.05, 4.69) is 5.32 Å². The molecule has 2 aliphatic carbocycles. The van der Waals surface area contributed by atoms with Crippen molar-refractivity contribution in [2.45, 2.75) is 49.3 Å². The lowest BCUT2D eigenvalue weighted by Crippen LogP contribution is -2.52. The second-order valence-electron chi connectivity index (χ2n) is 5.68. The van der Waals surface area contributed by atoms with Gasteiger partial charge in [-0.3, -0.25) is 4.79 Å². The van der Waals surface area contributed by atoms with Gasteiger partial charge < -0.3 is 11.1 Å². The maximum atomic E-state index is 12.2. The Labute approximate surface area is 121 Å². The first kappa shape index (κ1) is 16.7. The summed E-state index contributed by atoms with van der Waals surface area (Å²) < 4.78 is 22.6. The third-order valence-electron chi connectivity index (χ3n) is 4.26. The number of nitrogens with one attached hydrogen (secondary N) is 1. The van der Waals surface area contributed by atoms with Gasteiger partial charge in [-0.15, -0.1) is 12.4 Å². The Morgan fingerprint density at radius 2 is 1.89 bits per heavy atom. The molecule has 0 spiro atoms. The molecule has 2 rings (SSSR count). The minimum absolute atomic E-state index is 0. The molecule has 1 unspecified atom stereocenters. The largest absolute Gasteiger partial charge is 0.353 e. The Kier molecular flexibility index (Phi) is 5.26. The monoisotopic (exact) mass is 310 g/mol. The number of halogens is 1. The van der Waals surface area contributed by atoms with Gasteiger partial charge in [-0.25, -0.2) is 8.42 Å². The highest BCUT2D eigenvalue weighted by molar-refractivity contribution is 7.92. The van der Waals surface area contributed by atoms with Gasteiger partial charge in [0.25, 0.3) is 0 Å². The van der Waals surface area contributed by atoms with E-state index in [0.717, 1.165) is 25.7 Å². The molecular formula is C12H23ClN2O3S. The molecule has 2 fully saturated rings. The highest BCUT2D eigenvalue weighted by atomic mass is 35.5. The zero-order valence-electron chi connectivity index (χ0n) is 11.2. The van der Waals surface area contributed by atoms with Gasteiger partial charge in [0.2, 0.25) is 5.91 Å². The van der Waals surface area contributed by atoms with Crippen molar-refractivity contribution >= 4 is 28.2 Å². The summed E-state index contributed by atoms with van der Waals surface area (Å²) in [7, 11) is -3.37. The number of hydrogen-bond donors (Lipinski definition) is 2. The van der Waals surface area contributed by atoms with Crippen LogP contribution in [0.2, 0.25) is 0 Å². The lowest BCUT2D eigenvalue weighted by Gasteiger charge is -2.26. The third-order valence-corrected chi connectivity index (χ3v) is 6.27. The summed E-state index contributed by atoms with van der Waals surface area (Å²) in [5.41, 5.74) is 5.91. The molecule has 5 nitrogen and oxygen atoms in total. The van der Waals surface area contributed by atoms with E-state index < -0.39 is 14.6 Å².